The standard InChI is InChI=1S/C17H17N5O2/c1-12-14(11-22(19-12)13-7-3-2-4-8-13)15-18-16(24-20-15)17(23)21-9-5-6-10-21/h2-4,7-8,11H,5-6,9-10H2,1H3. The predicted octanol–water partition coefficient (Wildman–Crippen LogP) is 2.47. The van der Waals surface area contributed by atoms with Gasteiger partial charge in [0, 0.05) is 19.3 Å². The minimum absolute atomic E-state index is 0.0405. The normalized spacial score (nSPS) is 14.3. The molecule has 0 spiro atoms. The molecular formula is C17H17N5O2. The molecule has 4 rings (SSSR count). The van der Waals surface area contributed by atoms with Gasteiger partial charge in [-0.25, -0.2) is 4.68 Å². The van der Waals surface area contributed by atoms with Crippen molar-refractivity contribution in [3.8, 4) is 17.1 Å². The van der Waals surface area contributed by atoms with E-state index in [-0.39, 0.29) is 11.8 Å². The van der Waals surface area contributed by atoms with Crippen molar-refractivity contribution in [3.05, 3.63) is 48.1 Å². The molecule has 7 heteroatoms. The predicted molar refractivity (Wildman–Crippen MR) is 86.7 cm³/mol. The number of rotatable bonds is 3. The maximum atomic E-state index is 12.3. The third-order valence-electron chi connectivity index (χ3n) is 4.16. The smallest absolute Gasteiger partial charge is 0.316 e. The molecule has 7 nitrogen and oxygen atoms in total. The minimum atomic E-state index is -0.195. The first-order valence-corrected chi connectivity index (χ1v) is 7.97. The number of para-hydroxylation sites is 1. The minimum Gasteiger partial charge on any atom is -0.334 e. The maximum Gasteiger partial charge on any atom is 0.316 e. The first kappa shape index (κ1) is 14.6. The number of aryl methyl sites for hydroxylation is 1. The quantitative estimate of drug-likeness (QED) is 0.740. The van der Waals surface area contributed by atoms with Crippen molar-refractivity contribution in [3.63, 3.8) is 0 Å². The molecule has 122 valence electrons. The Morgan fingerprint density at radius 1 is 1.17 bits per heavy atom. The number of likely N-dealkylation sites (tertiary alicyclic amines) is 1. The Kier molecular flexibility index (Phi) is 3.60. The summed E-state index contributed by atoms with van der Waals surface area (Å²) < 4.78 is 6.94. The highest BCUT2D eigenvalue weighted by Crippen LogP contribution is 2.22. The molecule has 2 aromatic heterocycles. The molecule has 0 unspecified atom stereocenters. The second kappa shape index (κ2) is 5.92. The van der Waals surface area contributed by atoms with Gasteiger partial charge in [0.05, 0.1) is 16.9 Å². The zero-order valence-corrected chi connectivity index (χ0v) is 13.3. The highest BCUT2D eigenvalue weighted by molar-refractivity contribution is 5.90. The summed E-state index contributed by atoms with van der Waals surface area (Å²) in [5.41, 5.74) is 2.48. The molecule has 1 aliphatic rings. The van der Waals surface area contributed by atoms with Crippen LogP contribution in [-0.4, -0.2) is 43.8 Å². The summed E-state index contributed by atoms with van der Waals surface area (Å²) in [6, 6.07) is 9.79. The monoisotopic (exact) mass is 323 g/mol. The number of aromatic nitrogens is 4. The van der Waals surface area contributed by atoms with E-state index in [9.17, 15) is 4.79 Å². The van der Waals surface area contributed by atoms with Gasteiger partial charge in [0.15, 0.2) is 0 Å². The summed E-state index contributed by atoms with van der Waals surface area (Å²) in [5, 5.41) is 8.45. The number of nitrogens with zero attached hydrogens (tertiary/aromatic N) is 5. The van der Waals surface area contributed by atoms with Gasteiger partial charge in [0.25, 0.3) is 0 Å². The Hall–Kier alpha value is -2.96. The van der Waals surface area contributed by atoms with Crippen molar-refractivity contribution in [2.24, 2.45) is 0 Å². The van der Waals surface area contributed by atoms with E-state index in [0.29, 0.717) is 5.82 Å². The third kappa shape index (κ3) is 2.58. The van der Waals surface area contributed by atoms with Gasteiger partial charge in [-0.2, -0.15) is 10.1 Å². The van der Waals surface area contributed by atoms with E-state index < -0.39 is 0 Å². The van der Waals surface area contributed by atoms with Gasteiger partial charge in [-0.15, -0.1) is 0 Å². The topological polar surface area (TPSA) is 77.0 Å². The van der Waals surface area contributed by atoms with E-state index in [1.165, 1.54) is 0 Å². The third-order valence-corrected chi connectivity index (χ3v) is 4.16. The van der Waals surface area contributed by atoms with Crippen molar-refractivity contribution >= 4 is 5.91 Å². The fourth-order valence-corrected chi connectivity index (χ4v) is 2.87. The molecule has 1 fully saturated rings. The van der Waals surface area contributed by atoms with Crippen LogP contribution in [0, 0.1) is 6.92 Å². The zero-order chi connectivity index (χ0) is 16.5. The fraction of sp³-hybridized carbons (Fsp3) is 0.294. The average molecular weight is 323 g/mol. The lowest BCUT2D eigenvalue weighted by molar-refractivity contribution is 0.0743. The van der Waals surface area contributed by atoms with Crippen molar-refractivity contribution < 1.29 is 9.32 Å². The number of hydrogen-bond acceptors (Lipinski definition) is 5. The first-order chi connectivity index (χ1) is 11.7. The van der Waals surface area contributed by atoms with Crippen LogP contribution in [0.3, 0.4) is 0 Å². The molecule has 3 aromatic rings. The summed E-state index contributed by atoms with van der Waals surface area (Å²) >= 11 is 0. The van der Waals surface area contributed by atoms with E-state index >= 15 is 0 Å². The number of amides is 1. The molecule has 3 heterocycles. The number of benzene rings is 1. The molecule has 0 saturated carbocycles. The summed E-state index contributed by atoms with van der Waals surface area (Å²) in [7, 11) is 0. The van der Waals surface area contributed by atoms with E-state index in [0.717, 1.165) is 42.9 Å². The highest BCUT2D eigenvalue weighted by Gasteiger charge is 2.25. The van der Waals surface area contributed by atoms with Gasteiger partial charge >= 0.3 is 11.8 Å². The van der Waals surface area contributed by atoms with Crippen molar-refractivity contribution in [1.29, 1.82) is 0 Å². The lowest BCUT2D eigenvalue weighted by atomic mass is 10.2. The van der Waals surface area contributed by atoms with Crippen molar-refractivity contribution in [2.75, 3.05) is 13.1 Å². The zero-order valence-electron chi connectivity index (χ0n) is 13.3. The number of carbonyl (C=O) groups excluding carboxylic acids is 1. The lowest BCUT2D eigenvalue weighted by Crippen LogP contribution is -2.27. The van der Waals surface area contributed by atoms with E-state index in [1.807, 2.05) is 43.5 Å². The van der Waals surface area contributed by atoms with Crippen LogP contribution >= 0.6 is 0 Å². The lowest BCUT2D eigenvalue weighted by Gasteiger charge is -2.10. The Bertz CT molecular complexity index is 862. The molecule has 1 aliphatic heterocycles. The molecule has 1 aromatic carbocycles. The van der Waals surface area contributed by atoms with Gasteiger partial charge in [-0.3, -0.25) is 4.79 Å². The molecule has 1 saturated heterocycles. The number of hydrogen-bond donors (Lipinski definition) is 0. The maximum absolute atomic E-state index is 12.3. The van der Waals surface area contributed by atoms with E-state index in [2.05, 4.69) is 15.2 Å². The van der Waals surface area contributed by atoms with E-state index in [1.54, 1.807) is 9.58 Å². The largest absolute Gasteiger partial charge is 0.334 e. The van der Waals surface area contributed by atoms with Crippen molar-refractivity contribution in [1.82, 2.24) is 24.8 Å². The average Bonchev–Trinajstić information content (AvgIpc) is 3.35. The van der Waals surface area contributed by atoms with Crippen LogP contribution in [0.5, 0.6) is 0 Å². The van der Waals surface area contributed by atoms with Crippen LogP contribution in [0.25, 0.3) is 17.1 Å². The summed E-state index contributed by atoms with van der Waals surface area (Å²) in [4.78, 5) is 18.3. The fourth-order valence-electron chi connectivity index (χ4n) is 2.87. The summed E-state index contributed by atoms with van der Waals surface area (Å²) in [6.07, 6.45) is 3.89. The molecule has 0 atom stereocenters. The molecule has 1 amide bonds. The highest BCUT2D eigenvalue weighted by atomic mass is 16.5. The van der Waals surface area contributed by atoms with Crippen LogP contribution < -0.4 is 0 Å². The summed E-state index contributed by atoms with van der Waals surface area (Å²) in [6.45, 7) is 3.39. The van der Waals surface area contributed by atoms with Gasteiger partial charge in [0.1, 0.15) is 0 Å². The molecule has 0 radical (unpaired) electrons. The van der Waals surface area contributed by atoms with Gasteiger partial charge in [0.2, 0.25) is 5.82 Å². The van der Waals surface area contributed by atoms with Crippen LogP contribution in [0.4, 0.5) is 0 Å². The van der Waals surface area contributed by atoms with Gasteiger partial charge < -0.3 is 9.42 Å². The molecule has 0 bridgehead atoms. The van der Waals surface area contributed by atoms with Gasteiger partial charge in [-0.05, 0) is 31.9 Å². The first-order valence-electron chi connectivity index (χ1n) is 7.97. The Balaban J connectivity index is 1.63. The summed E-state index contributed by atoms with van der Waals surface area (Å²) in [5.74, 6) is 0.232. The van der Waals surface area contributed by atoms with E-state index in [4.69, 9.17) is 4.52 Å². The van der Waals surface area contributed by atoms with Crippen LogP contribution in [-0.2, 0) is 0 Å². The van der Waals surface area contributed by atoms with Crippen molar-refractivity contribution in [2.45, 2.75) is 19.8 Å². The molecule has 0 aliphatic carbocycles. The van der Waals surface area contributed by atoms with Crippen LogP contribution in [0.15, 0.2) is 41.1 Å². The molecule has 24 heavy (non-hydrogen) atoms. The second-order valence-electron chi connectivity index (χ2n) is 5.83. The van der Waals surface area contributed by atoms with Crippen LogP contribution in [0.1, 0.15) is 29.2 Å². The Morgan fingerprint density at radius 2 is 1.92 bits per heavy atom. The molecular weight excluding hydrogens is 306 g/mol. The SMILES string of the molecule is Cc1nn(-c2ccccc2)cc1-c1noc(C(=O)N2CCCC2)n1. The Morgan fingerprint density at radius 3 is 2.67 bits per heavy atom. The number of carbonyl (C=O) groups is 1. The second-order valence-corrected chi connectivity index (χ2v) is 5.83. The Labute approximate surface area is 138 Å². The van der Waals surface area contributed by atoms with Gasteiger partial charge in [-0.1, -0.05) is 23.4 Å². The molecule has 0 N–H and O–H groups in total. The van der Waals surface area contributed by atoms with Crippen LogP contribution in [0.2, 0.25) is 0 Å².